The van der Waals surface area contributed by atoms with Crippen molar-refractivity contribution in [2.24, 2.45) is 5.10 Å². The van der Waals surface area contributed by atoms with Crippen LogP contribution in [0.5, 0.6) is 5.75 Å². The van der Waals surface area contributed by atoms with E-state index in [1.165, 1.54) is 0 Å². The van der Waals surface area contributed by atoms with Crippen molar-refractivity contribution in [2.45, 2.75) is 0 Å². The second kappa shape index (κ2) is 10.6. The molecule has 3 rings (SSSR count). The number of halogens is 2. The molecule has 1 amide bonds. The third-order valence-electron chi connectivity index (χ3n) is 3.86. The van der Waals surface area contributed by atoms with Crippen LogP contribution in [-0.2, 0) is 4.79 Å². The standard InChI is InChI=1S/C23H18BrClN2O2/c24-19-12-14-22(20(25)15-19)29-16-23(28)27-26-21(18-9-5-2-6-10-18)13-11-17-7-3-1-4-8-17/h1-15H,16H2,(H,27,28). The average Bonchev–Trinajstić information content (AvgIpc) is 2.74. The highest BCUT2D eigenvalue weighted by molar-refractivity contribution is 9.10. The minimum absolute atomic E-state index is 0.199. The Bertz CT molecular complexity index is 1020. The Labute approximate surface area is 183 Å². The fourth-order valence-corrected chi connectivity index (χ4v) is 3.16. The summed E-state index contributed by atoms with van der Waals surface area (Å²) < 4.78 is 6.30. The topological polar surface area (TPSA) is 50.7 Å². The number of hydrogen-bond donors (Lipinski definition) is 1. The van der Waals surface area contributed by atoms with Crippen LogP contribution in [-0.4, -0.2) is 18.2 Å². The van der Waals surface area contributed by atoms with Gasteiger partial charge in [0.2, 0.25) is 0 Å². The van der Waals surface area contributed by atoms with Crippen molar-refractivity contribution >= 4 is 45.2 Å². The molecule has 29 heavy (non-hydrogen) atoms. The molecule has 0 saturated carbocycles. The molecule has 0 atom stereocenters. The predicted octanol–water partition coefficient (Wildman–Crippen LogP) is 5.72. The lowest BCUT2D eigenvalue weighted by Gasteiger charge is -2.08. The zero-order chi connectivity index (χ0) is 20.5. The molecule has 146 valence electrons. The predicted molar refractivity (Wildman–Crippen MR) is 121 cm³/mol. The zero-order valence-corrected chi connectivity index (χ0v) is 17.7. The summed E-state index contributed by atoms with van der Waals surface area (Å²) >= 11 is 9.42. The number of carbonyl (C=O) groups excluding carboxylic acids is 1. The molecule has 3 aromatic rings. The van der Waals surface area contributed by atoms with Gasteiger partial charge in [-0.05, 0) is 29.8 Å². The van der Waals surface area contributed by atoms with E-state index in [1.807, 2.05) is 72.8 Å². The molecule has 0 heterocycles. The number of rotatable bonds is 7. The van der Waals surface area contributed by atoms with Crippen LogP contribution in [0.2, 0.25) is 5.02 Å². The van der Waals surface area contributed by atoms with Gasteiger partial charge in [0.05, 0.1) is 10.7 Å². The molecule has 1 N–H and O–H groups in total. The maximum absolute atomic E-state index is 12.2. The van der Waals surface area contributed by atoms with Gasteiger partial charge in [-0.1, -0.05) is 94.3 Å². The van der Waals surface area contributed by atoms with Crippen LogP contribution >= 0.6 is 27.5 Å². The number of carbonyl (C=O) groups is 1. The number of allylic oxidation sites excluding steroid dienone is 1. The molecule has 0 fully saturated rings. The largest absolute Gasteiger partial charge is 0.482 e. The van der Waals surface area contributed by atoms with Crippen LogP contribution in [0.25, 0.3) is 6.08 Å². The monoisotopic (exact) mass is 468 g/mol. The minimum Gasteiger partial charge on any atom is -0.482 e. The Hall–Kier alpha value is -2.89. The highest BCUT2D eigenvalue weighted by Crippen LogP contribution is 2.27. The Balaban J connectivity index is 1.68. The van der Waals surface area contributed by atoms with Crippen molar-refractivity contribution in [2.75, 3.05) is 6.61 Å². The normalized spacial score (nSPS) is 11.4. The first-order valence-electron chi connectivity index (χ1n) is 8.85. The molecule has 3 aromatic carbocycles. The molecule has 0 aromatic heterocycles. The molecule has 0 aliphatic carbocycles. The maximum Gasteiger partial charge on any atom is 0.277 e. The van der Waals surface area contributed by atoms with E-state index in [1.54, 1.807) is 18.2 Å². The van der Waals surface area contributed by atoms with Crippen molar-refractivity contribution in [3.05, 3.63) is 106 Å². The van der Waals surface area contributed by atoms with E-state index in [-0.39, 0.29) is 12.5 Å². The van der Waals surface area contributed by atoms with Crippen LogP contribution in [0.15, 0.2) is 94.5 Å². The van der Waals surface area contributed by atoms with Gasteiger partial charge >= 0.3 is 0 Å². The molecule has 0 radical (unpaired) electrons. The summed E-state index contributed by atoms with van der Waals surface area (Å²) in [5.41, 5.74) is 5.09. The molecular weight excluding hydrogens is 452 g/mol. The van der Waals surface area contributed by atoms with Crippen LogP contribution in [0.4, 0.5) is 0 Å². The van der Waals surface area contributed by atoms with Crippen LogP contribution in [0, 0.1) is 0 Å². The second-order valence-corrected chi connectivity index (χ2v) is 7.33. The van der Waals surface area contributed by atoms with Gasteiger partial charge in [0.25, 0.3) is 5.91 Å². The van der Waals surface area contributed by atoms with Crippen LogP contribution in [0.1, 0.15) is 11.1 Å². The number of ether oxygens (including phenoxy) is 1. The third-order valence-corrected chi connectivity index (χ3v) is 4.65. The first kappa shape index (κ1) is 20.8. The smallest absolute Gasteiger partial charge is 0.277 e. The molecule has 0 bridgehead atoms. The highest BCUT2D eigenvalue weighted by atomic mass is 79.9. The lowest BCUT2D eigenvalue weighted by molar-refractivity contribution is -0.123. The lowest BCUT2D eigenvalue weighted by Crippen LogP contribution is -2.25. The minimum atomic E-state index is -0.384. The summed E-state index contributed by atoms with van der Waals surface area (Å²) in [6.45, 7) is -0.199. The van der Waals surface area contributed by atoms with Gasteiger partial charge < -0.3 is 4.74 Å². The molecule has 4 nitrogen and oxygen atoms in total. The van der Waals surface area contributed by atoms with Crippen molar-refractivity contribution in [3.8, 4) is 5.75 Å². The zero-order valence-electron chi connectivity index (χ0n) is 15.4. The van der Waals surface area contributed by atoms with E-state index in [0.717, 1.165) is 15.6 Å². The van der Waals surface area contributed by atoms with E-state index in [4.69, 9.17) is 16.3 Å². The first-order chi connectivity index (χ1) is 14.1. The molecule has 6 heteroatoms. The Morgan fingerprint density at radius 3 is 2.41 bits per heavy atom. The quantitative estimate of drug-likeness (QED) is 0.356. The second-order valence-electron chi connectivity index (χ2n) is 6.01. The molecule has 0 saturated heterocycles. The average molecular weight is 470 g/mol. The van der Waals surface area contributed by atoms with Crippen molar-refractivity contribution in [3.63, 3.8) is 0 Å². The van der Waals surface area contributed by atoms with Gasteiger partial charge in [0.15, 0.2) is 6.61 Å². The highest BCUT2D eigenvalue weighted by Gasteiger charge is 2.07. The number of benzene rings is 3. The number of nitrogens with one attached hydrogen (secondary N) is 1. The summed E-state index contributed by atoms with van der Waals surface area (Å²) in [7, 11) is 0. The molecule has 0 aliphatic heterocycles. The van der Waals surface area contributed by atoms with E-state index < -0.39 is 0 Å². The van der Waals surface area contributed by atoms with Crippen molar-refractivity contribution < 1.29 is 9.53 Å². The van der Waals surface area contributed by atoms with E-state index >= 15 is 0 Å². The van der Waals surface area contributed by atoms with Gasteiger partial charge in [0, 0.05) is 10.0 Å². The van der Waals surface area contributed by atoms with Crippen molar-refractivity contribution in [1.29, 1.82) is 0 Å². The number of amides is 1. The van der Waals surface area contributed by atoms with Crippen LogP contribution in [0.3, 0.4) is 0 Å². The van der Waals surface area contributed by atoms with Gasteiger partial charge in [-0.2, -0.15) is 5.10 Å². The molecule has 0 aliphatic rings. The molecular formula is C23H18BrClN2O2. The van der Waals surface area contributed by atoms with Gasteiger partial charge in [-0.15, -0.1) is 0 Å². The summed E-state index contributed by atoms with van der Waals surface area (Å²) in [5, 5.41) is 4.69. The summed E-state index contributed by atoms with van der Waals surface area (Å²) in [5.74, 6) is 0.0479. The third kappa shape index (κ3) is 6.59. The van der Waals surface area contributed by atoms with Crippen LogP contribution < -0.4 is 10.2 Å². The number of hydrogen-bond acceptors (Lipinski definition) is 3. The van der Waals surface area contributed by atoms with E-state index in [0.29, 0.717) is 16.5 Å². The number of nitrogens with zero attached hydrogens (tertiary/aromatic N) is 1. The fourth-order valence-electron chi connectivity index (χ4n) is 2.44. The Morgan fingerprint density at radius 2 is 1.72 bits per heavy atom. The lowest BCUT2D eigenvalue weighted by atomic mass is 10.1. The van der Waals surface area contributed by atoms with Gasteiger partial charge in [0.1, 0.15) is 5.75 Å². The van der Waals surface area contributed by atoms with E-state index in [2.05, 4.69) is 26.5 Å². The maximum atomic E-state index is 12.2. The fraction of sp³-hybridized carbons (Fsp3) is 0.0435. The molecule has 0 spiro atoms. The van der Waals surface area contributed by atoms with Gasteiger partial charge in [-0.25, -0.2) is 5.43 Å². The summed E-state index contributed by atoms with van der Waals surface area (Å²) in [6, 6.07) is 24.7. The van der Waals surface area contributed by atoms with E-state index in [9.17, 15) is 4.79 Å². The molecule has 0 unspecified atom stereocenters. The van der Waals surface area contributed by atoms with Gasteiger partial charge in [-0.3, -0.25) is 4.79 Å². The first-order valence-corrected chi connectivity index (χ1v) is 10.0. The summed E-state index contributed by atoms with van der Waals surface area (Å²) in [6.07, 6.45) is 3.80. The SMILES string of the molecule is O=C(COc1ccc(Br)cc1Cl)NN=C(C=Cc1ccccc1)c1ccccc1. The van der Waals surface area contributed by atoms with Crippen molar-refractivity contribution in [1.82, 2.24) is 5.43 Å². The summed E-state index contributed by atoms with van der Waals surface area (Å²) in [4.78, 5) is 12.2. The Kier molecular flexibility index (Phi) is 7.61. The Morgan fingerprint density at radius 1 is 1.03 bits per heavy atom. The number of hydrazone groups is 1.